The van der Waals surface area contributed by atoms with Gasteiger partial charge in [0.25, 0.3) is 0 Å². The smallest absolute Gasteiger partial charge is 0.196 e. The van der Waals surface area contributed by atoms with Crippen LogP contribution in [-0.4, -0.2) is 25.2 Å². The van der Waals surface area contributed by atoms with Gasteiger partial charge in [0, 0.05) is 23.7 Å². The van der Waals surface area contributed by atoms with Crippen molar-refractivity contribution < 1.29 is 9.59 Å². The zero-order chi connectivity index (χ0) is 16.6. The third-order valence-corrected chi connectivity index (χ3v) is 4.17. The van der Waals surface area contributed by atoms with Gasteiger partial charge in [-0.25, -0.2) is 5.84 Å². The van der Waals surface area contributed by atoms with E-state index in [0.717, 1.165) is 12.0 Å². The van der Waals surface area contributed by atoms with Gasteiger partial charge in [-0.1, -0.05) is 30.3 Å². The molecule has 0 saturated heterocycles. The van der Waals surface area contributed by atoms with Gasteiger partial charge in [0.2, 0.25) is 0 Å². The summed E-state index contributed by atoms with van der Waals surface area (Å²) in [5, 5.41) is 1.38. The number of nitrogens with zero attached hydrogens (tertiary/aromatic N) is 1. The van der Waals surface area contributed by atoms with Crippen molar-refractivity contribution in [2.45, 2.75) is 12.8 Å². The summed E-state index contributed by atoms with van der Waals surface area (Å²) in [4.78, 5) is 25.9. The van der Waals surface area contributed by atoms with Crippen molar-refractivity contribution in [1.82, 2.24) is 0 Å². The fraction of sp³-hybridized carbons (Fsp3) is 0.222. The van der Waals surface area contributed by atoms with Crippen molar-refractivity contribution in [3.05, 3.63) is 64.2 Å². The average molecular weight is 309 g/mol. The first-order valence-electron chi connectivity index (χ1n) is 7.59. The Kier molecular flexibility index (Phi) is 3.98. The molecule has 2 aromatic rings. The monoisotopic (exact) mass is 309 g/mol. The second-order valence-corrected chi connectivity index (χ2v) is 5.70. The van der Waals surface area contributed by atoms with E-state index in [1.165, 1.54) is 5.01 Å². The van der Waals surface area contributed by atoms with Gasteiger partial charge in [0.1, 0.15) is 0 Å². The standard InChI is InChI=1S/C18H19N3O2/c1-21(20)14-9-8-11(5-4-10-19)15-16(14)18(23)13-7-3-2-6-12(13)17(15)22/h2-3,6-9H,4-5,10,19-20H2,1H3. The highest BCUT2D eigenvalue weighted by Gasteiger charge is 2.33. The largest absolute Gasteiger partial charge is 0.330 e. The molecule has 0 amide bonds. The van der Waals surface area contributed by atoms with E-state index in [-0.39, 0.29) is 11.6 Å². The Balaban J connectivity index is 2.27. The number of carbonyl (C=O) groups excluding carboxylic acids is 2. The van der Waals surface area contributed by atoms with Crippen molar-refractivity contribution in [2.24, 2.45) is 11.6 Å². The predicted molar refractivity (Wildman–Crippen MR) is 89.7 cm³/mol. The molecule has 4 N–H and O–H groups in total. The Morgan fingerprint density at radius 3 is 2.13 bits per heavy atom. The summed E-state index contributed by atoms with van der Waals surface area (Å²) in [7, 11) is 1.66. The fourth-order valence-corrected chi connectivity index (χ4v) is 3.07. The Bertz CT molecular complexity index is 797. The number of carbonyl (C=O) groups is 2. The van der Waals surface area contributed by atoms with E-state index in [2.05, 4.69) is 0 Å². The van der Waals surface area contributed by atoms with Crippen LogP contribution in [0.2, 0.25) is 0 Å². The number of aryl methyl sites for hydroxylation is 1. The zero-order valence-electron chi connectivity index (χ0n) is 13.0. The van der Waals surface area contributed by atoms with Crippen molar-refractivity contribution >= 4 is 17.3 Å². The minimum atomic E-state index is -0.155. The van der Waals surface area contributed by atoms with Crippen LogP contribution in [0.5, 0.6) is 0 Å². The van der Waals surface area contributed by atoms with Gasteiger partial charge in [0.15, 0.2) is 11.6 Å². The summed E-state index contributed by atoms with van der Waals surface area (Å²) in [6.07, 6.45) is 1.42. The number of hydrogen-bond donors (Lipinski definition) is 2. The Morgan fingerprint density at radius 1 is 0.957 bits per heavy atom. The third kappa shape index (κ3) is 2.44. The van der Waals surface area contributed by atoms with Crippen molar-refractivity contribution in [1.29, 1.82) is 0 Å². The van der Waals surface area contributed by atoms with E-state index in [1.54, 1.807) is 37.4 Å². The van der Waals surface area contributed by atoms with Gasteiger partial charge in [-0.3, -0.25) is 9.59 Å². The van der Waals surface area contributed by atoms with Gasteiger partial charge in [-0.2, -0.15) is 0 Å². The van der Waals surface area contributed by atoms with Crippen molar-refractivity contribution in [3.63, 3.8) is 0 Å². The maximum atomic E-state index is 13.0. The minimum absolute atomic E-state index is 0.120. The van der Waals surface area contributed by atoms with Crippen LogP contribution in [0.4, 0.5) is 5.69 Å². The van der Waals surface area contributed by atoms with Crippen LogP contribution in [0.15, 0.2) is 36.4 Å². The van der Waals surface area contributed by atoms with Crippen LogP contribution in [-0.2, 0) is 6.42 Å². The highest BCUT2D eigenvalue weighted by atomic mass is 16.1. The maximum Gasteiger partial charge on any atom is 0.196 e. The summed E-state index contributed by atoms with van der Waals surface area (Å²) >= 11 is 0. The highest BCUT2D eigenvalue weighted by molar-refractivity contribution is 6.30. The number of rotatable bonds is 4. The van der Waals surface area contributed by atoms with Gasteiger partial charge in [0.05, 0.1) is 11.3 Å². The van der Waals surface area contributed by atoms with Crippen LogP contribution < -0.4 is 16.6 Å². The van der Waals surface area contributed by atoms with Gasteiger partial charge < -0.3 is 10.7 Å². The molecule has 0 heterocycles. The number of hydrogen-bond acceptors (Lipinski definition) is 5. The van der Waals surface area contributed by atoms with E-state index in [9.17, 15) is 9.59 Å². The molecule has 23 heavy (non-hydrogen) atoms. The third-order valence-electron chi connectivity index (χ3n) is 4.17. The lowest BCUT2D eigenvalue weighted by atomic mass is 9.80. The Morgan fingerprint density at radius 2 is 1.57 bits per heavy atom. The lowest BCUT2D eigenvalue weighted by Crippen LogP contribution is -2.31. The summed E-state index contributed by atoms with van der Waals surface area (Å²) in [6, 6.07) is 10.6. The first kappa shape index (κ1) is 15.4. The molecule has 0 unspecified atom stereocenters. The van der Waals surface area contributed by atoms with Crippen LogP contribution in [0.3, 0.4) is 0 Å². The molecule has 0 radical (unpaired) electrons. The molecule has 5 heteroatoms. The van der Waals surface area contributed by atoms with E-state index in [1.807, 2.05) is 6.07 Å². The first-order valence-corrected chi connectivity index (χ1v) is 7.59. The van der Waals surface area contributed by atoms with Gasteiger partial charge >= 0.3 is 0 Å². The number of hydrazine groups is 1. The number of nitrogens with two attached hydrogens (primary N) is 2. The average Bonchev–Trinajstić information content (AvgIpc) is 2.56. The quantitative estimate of drug-likeness (QED) is 0.565. The number of anilines is 1. The zero-order valence-corrected chi connectivity index (χ0v) is 13.0. The summed E-state index contributed by atoms with van der Waals surface area (Å²) in [5.41, 5.74) is 8.75. The molecule has 0 spiro atoms. The Hall–Kier alpha value is -2.50. The van der Waals surface area contributed by atoms with Crippen LogP contribution >= 0.6 is 0 Å². The maximum absolute atomic E-state index is 13.0. The molecule has 5 nitrogen and oxygen atoms in total. The molecule has 1 aliphatic carbocycles. The second-order valence-electron chi connectivity index (χ2n) is 5.70. The second kappa shape index (κ2) is 5.95. The molecule has 3 rings (SSSR count). The van der Waals surface area contributed by atoms with Crippen molar-refractivity contribution in [3.8, 4) is 0 Å². The summed E-state index contributed by atoms with van der Waals surface area (Å²) in [5.74, 6) is 5.59. The normalized spacial score (nSPS) is 12.8. The minimum Gasteiger partial charge on any atom is -0.330 e. The van der Waals surface area contributed by atoms with Gasteiger partial charge in [-0.05, 0) is 31.0 Å². The molecule has 0 saturated carbocycles. The first-order chi connectivity index (χ1) is 11.1. The van der Waals surface area contributed by atoms with E-state index in [0.29, 0.717) is 40.9 Å². The molecular weight excluding hydrogens is 290 g/mol. The van der Waals surface area contributed by atoms with Crippen LogP contribution in [0.1, 0.15) is 43.8 Å². The molecule has 1 aliphatic rings. The van der Waals surface area contributed by atoms with Crippen LogP contribution in [0.25, 0.3) is 0 Å². The number of ketones is 2. The van der Waals surface area contributed by atoms with E-state index < -0.39 is 0 Å². The molecule has 0 aromatic heterocycles. The lowest BCUT2D eigenvalue weighted by Gasteiger charge is -2.25. The van der Waals surface area contributed by atoms with E-state index >= 15 is 0 Å². The van der Waals surface area contributed by atoms with Crippen molar-refractivity contribution in [2.75, 3.05) is 18.6 Å². The molecule has 0 aliphatic heterocycles. The molecular formula is C18H19N3O2. The number of fused-ring (bicyclic) bond motifs is 2. The Labute approximate surface area is 134 Å². The molecule has 2 aromatic carbocycles. The molecule has 0 bridgehead atoms. The highest BCUT2D eigenvalue weighted by Crippen LogP contribution is 2.35. The summed E-state index contributed by atoms with van der Waals surface area (Å²) < 4.78 is 0. The SMILES string of the molecule is CN(N)c1ccc(CCCN)c2c1C(=O)c1ccccc1C2=O. The molecule has 118 valence electrons. The molecule has 0 atom stereocenters. The lowest BCUT2D eigenvalue weighted by molar-refractivity contribution is 0.0978. The van der Waals surface area contributed by atoms with E-state index in [4.69, 9.17) is 11.6 Å². The predicted octanol–water partition coefficient (Wildman–Crippen LogP) is 1.66. The summed E-state index contributed by atoms with van der Waals surface area (Å²) in [6.45, 7) is 0.534. The van der Waals surface area contributed by atoms with Gasteiger partial charge in [-0.15, -0.1) is 0 Å². The molecule has 0 fully saturated rings. The fourth-order valence-electron chi connectivity index (χ4n) is 3.07. The van der Waals surface area contributed by atoms with Crippen LogP contribution in [0, 0.1) is 0 Å². The number of benzene rings is 2. The topological polar surface area (TPSA) is 89.4 Å².